The highest BCUT2D eigenvalue weighted by molar-refractivity contribution is 5.99. The number of rotatable bonds is 6. The van der Waals surface area contributed by atoms with E-state index in [-0.39, 0.29) is 17.7 Å². The Morgan fingerprint density at radius 2 is 1.68 bits per heavy atom. The van der Waals surface area contributed by atoms with E-state index in [1.54, 1.807) is 32.9 Å². The molecule has 0 heterocycles. The Labute approximate surface area is 162 Å². The third-order valence-corrected chi connectivity index (χ3v) is 3.51. The number of alkyl carbamates (subject to hydrolysis) is 1. The van der Waals surface area contributed by atoms with Crippen LogP contribution in [0.4, 0.5) is 9.18 Å². The van der Waals surface area contributed by atoms with Gasteiger partial charge in [-0.2, -0.15) is 0 Å². The van der Waals surface area contributed by atoms with Crippen molar-refractivity contribution in [3.63, 3.8) is 0 Å². The number of esters is 1. The van der Waals surface area contributed by atoms with Gasteiger partial charge in [0.25, 0.3) is 0 Å². The summed E-state index contributed by atoms with van der Waals surface area (Å²) in [5, 5.41) is 2.61. The average molecular weight is 387 g/mol. The molecule has 0 saturated carbocycles. The summed E-state index contributed by atoms with van der Waals surface area (Å²) >= 11 is 0. The maximum atomic E-state index is 13.1. The topological polar surface area (TPSA) is 81.7 Å². The number of carbonyl (C=O) groups is 3. The summed E-state index contributed by atoms with van der Waals surface area (Å²) in [5.74, 6) is -1.70. The Bertz CT molecular complexity index is 856. The number of hydrogen-bond acceptors (Lipinski definition) is 5. The van der Waals surface area contributed by atoms with Gasteiger partial charge in [0.1, 0.15) is 11.4 Å². The quantitative estimate of drug-likeness (QED) is 0.601. The molecule has 2 rings (SSSR count). The predicted molar refractivity (Wildman–Crippen MR) is 101 cm³/mol. The highest BCUT2D eigenvalue weighted by atomic mass is 19.1. The van der Waals surface area contributed by atoms with E-state index in [0.717, 1.165) is 11.6 Å². The monoisotopic (exact) mass is 387 g/mol. The molecular weight excluding hydrogens is 365 g/mol. The largest absolute Gasteiger partial charge is 0.454 e. The second-order valence-electron chi connectivity index (χ2n) is 7.06. The minimum atomic E-state index is -0.670. The molecule has 2 aromatic carbocycles. The zero-order valence-corrected chi connectivity index (χ0v) is 16.0. The van der Waals surface area contributed by atoms with Gasteiger partial charge in [-0.25, -0.2) is 14.0 Å². The number of Topliss-reactive ketones (excluding diaryl/α,β-unsaturated/α-hetero) is 1. The summed E-state index contributed by atoms with van der Waals surface area (Å²) in [6.45, 7) is 5.07. The molecule has 28 heavy (non-hydrogen) atoms. The van der Waals surface area contributed by atoms with Gasteiger partial charge in [0.05, 0.1) is 5.56 Å². The van der Waals surface area contributed by atoms with Crippen LogP contribution >= 0.6 is 0 Å². The summed E-state index contributed by atoms with van der Waals surface area (Å²) in [4.78, 5) is 35.6. The SMILES string of the molecule is CC(C)(C)OC(=O)NCc1ccc(C(=O)OCC(=O)c2cccc(F)c2)cc1. The van der Waals surface area contributed by atoms with Crippen molar-refractivity contribution in [1.29, 1.82) is 0 Å². The molecule has 6 nitrogen and oxygen atoms in total. The van der Waals surface area contributed by atoms with E-state index in [0.29, 0.717) is 0 Å². The Morgan fingerprint density at radius 3 is 2.29 bits per heavy atom. The molecule has 0 aromatic heterocycles. The minimum absolute atomic E-state index is 0.136. The molecule has 148 valence electrons. The molecule has 7 heteroatoms. The van der Waals surface area contributed by atoms with Crippen LogP contribution in [0.3, 0.4) is 0 Å². The second-order valence-corrected chi connectivity index (χ2v) is 7.06. The molecule has 0 atom stereocenters. The number of nitrogens with one attached hydrogen (secondary N) is 1. The molecule has 0 spiro atoms. The smallest absolute Gasteiger partial charge is 0.407 e. The number of carbonyl (C=O) groups excluding carboxylic acids is 3. The first-order valence-electron chi connectivity index (χ1n) is 8.66. The van der Waals surface area contributed by atoms with Crippen LogP contribution in [0, 0.1) is 5.82 Å². The van der Waals surface area contributed by atoms with Gasteiger partial charge in [0.15, 0.2) is 12.4 Å². The van der Waals surface area contributed by atoms with Crippen LogP contribution in [0.5, 0.6) is 0 Å². The Kier molecular flexibility index (Phi) is 6.87. The molecule has 0 unspecified atom stereocenters. The van der Waals surface area contributed by atoms with Crippen molar-refractivity contribution in [1.82, 2.24) is 5.32 Å². The number of ketones is 1. The van der Waals surface area contributed by atoms with Gasteiger partial charge in [-0.1, -0.05) is 24.3 Å². The molecule has 0 radical (unpaired) electrons. The number of halogens is 1. The number of hydrogen-bond donors (Lipinski definition) is 1. The van der Waals surface area contributed by atoms with Crippen LogP contribution in [0.25, 0.3) is 0 Å². The predicted octanol–water partition coefficient (Wildman–Crippen LogP) is 3.89. The van der Waals surface area contributed by atoms with E-state index in [1.165, 1.54) is 30.3 Å². The molecule has 1 N–H and O–H groups in total. The Hall–Kier alpha value is -3.22. The zero-order chi connectivity index (χ0) is 20.7. The van der Waals surface area contributed by atoms with Gasteiger partial charge in [-0.3, -0.25) is 4.79 Å². The van der Waals surface area contributed by atoms with Gasteiger partial charge in [-0.15, -0.1) is 0 Å². The lowest BCUT2D eigenvalue weighted by atomic mass is 10.1. The van der Waals surface area contributed by atoms with Crippen LogP contribution in [-0.2, 0) is 16.0 Å². The van der Waals surface area contributed by atoms with Crippen LogP contribution in [0.15, 0.2) is 48.5 Å². The highest BCUT2D eigenvalue weighted by Gasteiger charge is 2.16. The van der Waals surface area contributed by atoms with Crippen LogP contribution in [0.2, 0.25) is 0 Å². The maximum absolute atomic E-state index is 13.1. The Balaban J connectivity index is 1.84. The summed E-state index contributed by atoms with van der Waals surface area (Å²) in [7, 11) is 0. The third kappa shape index (κ3) is 6.83. The molecule has 0 bridgehead atoms. The van der Waals surface area contributed by atoms with Crippen LogP contribution < -0.4 is 5.32 Å². The number of amides is 1. The van der Waals surface area contributed by atoms with Crippen molar-refractivity contribution >= 4 is 17.8 Å². The minimum Gasteiger partial charge on any atom is -0.454 e. The van der Waals surface area contributed by atoms with Gasteiger partial charge in [0, 0.05) is 12.1 Å². The van der Waals surface area contributed by atoms with Crippen LogP contribution in [0.1, 0.15) is 47.1 Å². The lowest BCUT2D eigenvalue weighted by molar-refractivity contribution is 0.0473. The maximum Gasteiger partial charge on any atom is 0.407 e. The third-order valence-electron chi connectivity index (χ3n) is 3.51. The summed E-state index contributed by atoms with van der Waals surface area (Å²) in [5.41, 5.74) is 0.573. The van der Waals surface area contributed by atoms with E-state index in [2.05, 4.69) is 5.32 Å². The number of ether oxygens (including phenoxy) is 2. The summed E-state index contributed by atoms with van der Waals surface area (Å²) in [6.07, 6.45) is -0.535. The molecule has 0 saturated heterocycles. The first-order valence-corrected chi connectivity index (χ1v) is 8.66. The van der Waals surface area contributed by atoms with Gasteiger partial charge in [0.2, 0.25) is 0 Å². The lowest BCUT2D eigenvalue weighted by Gasteiger charge is -2.19. The van der Waals surface area contributed by atoms with Crippen molar-refractivity contribution < 1.29 is 28.2 Å². The second kappa shape index (κ2) is 9.12. The van der Waals surface area contributed by atoms with Crippen LogP contribution in [-0.4, -0.2) is 30.1 Å². The van der Waals surface area contributed by atoms with Crippen molar-refractivity contribution in [2.45, 2.75) is 32.9 Å². The van der Waals surface area contributed by atoms with Gasteiger partial charge in [-0.05, 0) is 50.6 Å². The molecule has 2 aromatic rings. The van der Waals surface area contributed by atoms with Crippen molar-refractivity contribution in [3.8, 4) is 0 Å². The van der Waals surface area contributed by atoms with Crippen molar-refractivity contribution in [2.75, 3.05) is 6.61 Å². The van der Waals surface area contributed by atoms with E-state index >= 15 is 0 Å². The standard InChI is InChI=1S/C21H22FNO5/c1-21(2,3)28-20(26)23-12-14-7-9-15(10-8-14)19(25)27-13-18(24)16-5-4-6-17(22)11-16/h4-11H,12-13H2,1-3H3,(H,23,26). The summed E-state index contributed by atoms with van der Waals surface area (Å²) < 4.78 is 23.2. The normalized spacial score (nSPS) is 10.9. The highest BCUT2D eigenvalue weighted by Crippen LogP contribution is 2.10. The summed E-state index contributed by atoms with van der Waals surface area (Å²) in [6, 6.07) is 11.5. The molecule has 1 amide bonds. The molecule has 0 fully saturated rings. The lowest BCUT2D eigenvalue weighted by Crippen LogP contribution is -2.32. The molecule has 0 aliphatic rings. The van der Waals surface area contributed by atoms with Crippen molar-refractivity contribution in [2.24, 2.45) is 0 Å². The zero-order valence-electron chi connectivity index (χ0n) is 16.0. The van der Waals surface area contributed by atoms with Crippen molar-refractivity contribution in [3.05, 3.63) is 71.0 Å². The first kappa shape index (κ1) is 21.1. The van der Waals surface area contributed by atoms with Gasteiger partial charge < -0.3 is 14.8 Å². The average Bonchev–Trinajstić information content (AvgIpc) is 2.63. The van der Waals surface area contributed by atoms with E-state index in [9.17, 15) is 18.8 Å². The molecule has 0 aliphatic heterocycles. The fourth-order valence-electron chi connectivity index (χ4n) is 2.21. The van der Waals surface area contributed by atoms with E-state index < -0.39 is 35.9 Å². The fourth-order valence-corrected chi connectivity index (χ4v) is 2.21. The molecular formula is C21H22FNO5. The van der Waals surface area contributed by atoms with Gasteiger partial charge >= 0.3 is 12.1 Å². The number of benzene rings is 2. The molecule has 0 aliphatic carbocycles. The van der Waals surface area contributed by atoms with E-state index in [1.807, 2.05) is 0 Å². The Morgan fingerprint density at radius 1 is 1.00 bits per heavy atom. The first-order chi connectivity index (χ1) is 13.1. The fraction of sp³-hybridized carbons (Fsp3) is 0.286. The van der Waals surface area contributed by atoms with E-state index in [4.69, 9.17) is 9.47 Å².